The first-order chi connectivity index (χ1) is 13.7. The largest absolute Gasteiger partial charge is 0.207 e. The summed E-state index contributed by atoms with van der Waals surface area (Å²) in [6.07, 6.45) is 0. The lowest BCUT2D eigenvalue weighted by Gasteiger charge is -1.99. The minimum atomic E-state index is -0.195. The molecule has 28 heavy (non-hydrogen) atoms. The molecule has 0 radical (unpaired) electrons. The van der Waals surface area contributed by atoms with Crippen molar-refractivity contribution in [3.8, 4) is 22.3 Å². The zero-order chi connectivity index (χ0) is 20.2. The quantitative estimate of drug-likeness (QED) is 0.245. The summed E-state index contributed by atoms with van der Waals surface area (Å²) in [5.74, 6) is -0.389. The van der Waals surface area contributed by atoms with Crippen LogP contribution in [-0.4, -0.2) is 0 Å². The molecule has 0 heterocycles. The van der Waals surface area contributed by atoms with Crippen molar-refractivity contribution in [1.82, 2.24) is 0 Å². The van der Waals surface area contributed by atoms with Crippen molar-refractivity contribution >= 4 is 23.3 Å². The fraction of sp³-hybridized carbons (Fsp3) is 0. The van der Waals surface area contributed by atoms with Crippen LogP contribution in [0.1, 0.15) is 0 Å². The molecule has 4 rings (SSSR count). The standard InChI is InChI=1S/2C12H9F.H2S2/c2*13-12-8-6-11(7-9-12)10-4-2-1-3-5-10;1-2/h2*1-9H;1-2H. The summed E-state index contributed by atoms with van der Waals surface area (Å²) in [4.78, 5) is 0. The number of benzene rings is 4. The average molecular weight is 411 g/mol. The fourth-order valence-corrected chi connectivity index (χ4v) is 2.55. The van der Waals surface area contributed by atoms with Crippen LogP contribution in [0.2, 0.25) is 0 Å². The third kappa shape index (κ3) is 6.87. The van der Waals surface area contributed by atoms with Crippen LogP contribution >= 0.6 is 23.3 Å². The van der Waals surface area contributed by atoms with Crippen molar-refractivity contribution in [3.63, 3.8) is 0 Å². The maximum atomic E-state index is 12.6. The molecule has 0 unspecified atom stereocenters. The molecule has 4 aromatic rings. The van der Waals surface area contributed by atoms with Crippen LogP contribution in [-0.2, 0) is 0 Å². The molecular formula is C24H20F2S2. The molecule has 0 saturated heterocycles. The number of hydrogen-bond donors (Lipinski definition) is 2. The number of rotatable bonds is 2. The van der Waals surface area contributed by atoms with E-state index in [2.05, 4.69) is 23.3 Å². The van der Waals surface area contributed by atoms with Crippen molar-refractivity contribution in [2.24, 2.45) is 0 Å². The lowest BCUT2D eigenvalue weighted by atomic mass is 10.1. The third-order valence-electron chi connectivity index (χ3n) is 3.90. The predicted octanol–water partition coefficient (Wildman–Crippen LogP) is 7.75. The van der Waals surface area contributed by atoms with E-state index in [0.717, 1.165) is 22.3 Å². The predicted molar refractivity (Wildman–Crippen MR) is 122 cm³/mol. The molecule has 0 fully saturated rings. The molecule has 0 nitrogen and oxygen atoms in total. The van der Waals surface area contributed by atoms with Gasteiger partial charge in [-0.05, 0) is 46.5 Å². The Labute approximate surface area is 175 Å². The Hall–Kier alpha value is -2.56. The zero-order valence-corrected chi connectivity index (χ0v) is 16.8. The minimum Gasteiger partial charge on any atom is -0.207 e. The van der Waals surface area contributed by atoms with E-state index in [1.54, 1.807) is 24.3 Å². The van der Waals surface area contributed by atoms with Gasteiger partial charge in [0.2, 0.25) is 0 Å². The van der Waals surface area contributed by atoms with Crippen LogP contribution in [0.25, 0.3) is 22.3 Å². The molecule has 0 saturated carbocycles. The maximum Gasteiger partial charge on any atom is 0.123 e. The monoisotopic (exact) mass is 410 g/mol. The van der Waals surface area contributed by atoms with Crippen LogP contribution in [0.15, 0.2) is 109 Å². The van der Waals surface area contributed by atoms with Gasteiger partial charge in [-0.25, -0.2) is 8.78 Å². The molecule has 0 aliphatic heterocycles. The third-order valence-corrected chi connectivity index (χ3v) is 3.90. The van der Waals surface area contributed by atoms with E-state index in [-0.39, 0.29) is 11.6 Å². The van der Waals surface area contributed by atoms with Gasteiger partial charge in [0.1, 0.15) is 11.6 Å². The van der Waals surface area contributed by atoms with E-state index in [0.29, 0.717) is 0 Å². The van der Waals surface area contributed by atoms with Gasteiger partial charge < -0.3 is 0 Å². The van der Waals surface area contributed by atoms with Gasteiger partial charge in [-0.3, -0.25) is 0 Å². The van der Waals surface area contributed by atoms with Gasteiger partial charge >= 0.3 is 0 Å². The number of halogens is 2. The molecule has 4 aromatic carbocycles. The first kappa shape index (κ1) is 21.7. The van der Waals surface area contributed by atoms with E-state index in [4.69, 9.17) is 0 Å². The van der Waals surface area contributed by atoms with Crippen LogP contribution in [0.3, 0.4) is 0 Å². The smallest absolute Gasteiger partial charge is 0.123 e. The molecule has 0 bridgehead atoms. The fourth-order valence-electron chi connectivity index (χ4n) is 2.55. The second kappa shape index (κ2) is 12.0. The highest BCUT2D eigenvalue weighted by molar-refractivity contribution is 8.59. The van der Waals surface area contributed by atoms with Crippen LogP contribution in [0, 0.1) is 11.6 Å². The van der Waals surface area contributed by atoms with Crippen molar-refractivity contribution in [3.05, 3.63) is 121 Å². The maximum absolute atomic E-state index is 12.6. The Bertz CT molecular complexity index is 843. The van der Waals surface area contributed by atoms with Crippen molar-refractivity contribution in [1.29, 1.82) is 0 Å². The molecule has 142 valence electrons. The van der Waals surface area contributed by atoms with Gasteiger partial charge in [-0.15, -0.1) is 23.3 Å². The highest BCUT2D eigenvalue weighted by Crippen LogP contribution is 2.19. The van der Waals surface area contributed by atoms with Crippen LogP contribution in [0.4, 0.5) is 8.78 Å². The number of thiol groups is 2. The Morgan fingerprint density at radius 2 is 0.607 bits per heavy atom. The molecule has 0 N–H and O–H groups in total. The summed E-state index contributed by atoms with van der Waals surface area (Å²) < 4.78 is 25.2. The van der Waals surface area contributed by atoms with Crippen LogP contribution in [0.5, 0.6) is 0 Å². The lowest BCUT2D eigenvalue weighted by Crippen LogP contribution is -1.77. The van der Waals surface area contributed by atoms with E-state index >= 15 is 0 Å². The molecular weight excluding hydrogens is 390 g/mol. The van der Waals surface area contributed by atoms with Crippen molar-refractivity contribution in [2.45, 2.75) is 0 Å². The van der Waals surface area contributed by atoms with Gasteiger partial charge in [0.05, 0.1) is 0 Å². The Balaban J connectivity index is 0.000000184. The van der Waals surface area contributed by atoms with Crippen molar-refractivity contribution in [2.75, 3.05) is 0 Å². The van der Waals surface area contributed by atoms with Gasteiger partial charge in [0.25, 0.3) is 0 Å². The summed E-state index contributed by atoms with van der Waals surface area (Å²) >= 11 is 6.44. The minimum absolute atomic E-state index is 0.195. The van der Waals surface area contributed by atoms with Gasteiger partial charge in [-0.1, -0.05) is 84.9 Å². The molecule has 0 spiro atoms. The lowest BCUT2D eigenvalue weighted by molar-refractivity contribution is 0.627. The van der Waals surface area contributed by atoms with E-state index in [1.165, 1.54) is 24.3 Å². The summed E-state index contributed by atoms with van der Waals surface area (Å²) in [6, 6.07) is 32.9. The summed E-state index contributed by atoms with van der Waals surface area (Å²) in [5, 5.41) is 0. The van der Waals surface area contributed by atoms with E-state index in [1.807, 2.05) is 60.7 Å². The van der Waals surface area contributed by atoms with Crippen molar-refractivity contribution < 1.29 is 8.78 Å². The normalized spacial score (nSPS) is 9.43. The topological polar surface area (TPSA) is 0 Å². The van der Waals surface area contributed by atoms with E-state index in [9.17, 15) is 8.78 Å². The number of hydrogen-bond acceptors (Lipinski definition) is 2. The molecule has 0 aliphatic rings. The van der Waals surface area contributed by atoms with Gasteiger partial charge in [0, 0.05) is 0 Å². The zero-order valence-electron chi connectivity index (χ0n) is 15.0. The van der Waals surface area contributed by atoms with Gasteiger partial charge in [0.15, 0.2) is 0 Å². The highest BCUT2D eigenvalue weighted by atomic mass is 33.1. The Morgan fingerprint density at radius 3 is 0.893 bits per heavy atom. The molecule has 4 heteroatoms. The highest BCUT2D eigenvalue weighted by Gasteiger charge is 1.96. The Kier molecular flexibility index (Phi) is 9.32. The average Bonchev–Trinajstić information content (AvgIpc) is 2.78. The molecule has 0 atom stereocenters. The Morgan fingerprint density at radius 1 is 0.357 bits per heavy atom. The van der Waals surface area contributed by atoms with E-state index < -0.39 is 0 Å². The second-order valence-corrected chi connectivity index (χ2v) is 5.75. The van der Waals surface area contributed by atoms with Gasteiger partial charge in [-0.2, -0.15) is 0 Å². The first-order valence-electron chi connectivity index (χ1n) is 8.54. The molecule has 0 aromatic heterocycles. The first-order valence-corrected chi connectivity index (χ1v) is 10.1. The summed E-state index contributed by atoms with van der Waals surface area (Å²) in [5.41, 5.74) is 4.31. The summed E-state index contributed by atoms with van der Waals surface area (Å²) in [6.45, 7) is 0. The second-order valence-electron chi connectivity index (χ2n) is 5.75. The molecule has 0 amide bonds. The van der Waals surface area contributed by atoms with Crippen LogP contribution < -0.4 is 0 Å². The molecule has 0 aliphatic carbocycles. The SMILES string of the molecule is Fc1ccc(-c2ccccc2)cc1.Fc1ccc(-c2ccccc2)cc1.SS. The summed E-state index contributed by atoms with van der Waals surface area (Å²) in [7, 11) is 0.